The number of aliphatic hydroxyl groups is 22. The van der Waals surface area contributed by atoms with Gasteiger partial charge in [-0.1, -0.05) is 18.2 Å². The number of esters is 3. The van der Waals surface area contributed by atoms with Gasteiger partial charge < -0.3 is 159 Å². The summed E-state index contributed by atoms with van der Waals surface area (Å²) >= 11 is 0. The van der Waals surface area contributed by atoms with E-state index in [0.717, 1.165) is 18.2 Å². The number of aliphatic hydroxyl groups excluding tert-OH is 20. The van der Waals surface area contributed by atoms with Crippen LogP contribution in [0.15, 0.2) is 36.5 Å². The zero-order chi connectivity index (χ0) is 72.1. The van der Waals surface area contributed by atoms with Crippen molar-refractivity contribution in [3.63, 3.8) is 0 Å². The van der Waals surface area contributed by atoms with Crippen molar-refractivity contribution in [2.75, 3.05) is 26.4 Å². The number of allylic oxidation sites excluding steroid dienone is 3. The largest absolute Gasteiger partial charge is 0.460 e. The molecule has 38 atom stereocenters. The highest BCUT2D eigenvalue weighted by atomic mass is 16.8. The number of hydrogen-bond acceptors (Lipinski definition) is 34. The molecule has 570 valence electrons. The van der Waals surface area contributed by atoms with Crippen LogP contribution in [0.25, 0.3) is 0 Å². The molecule has 10 rings (SSSR count). The zero-order valence-corrected chi connectivity index (χ0v) is 54.7. The fourth-order valence-corrected chi connectivity index (χ4v) is 15.4. The Hall–Kier alpha value is -3.53. The Morgan fingerprint density at radius 3 is 1.29 bits per heavy atom. The van der Waals surface area contributed by atoms with Crippen molar-refractivity contribution in [3.8, 4) is 0 Å². The molecule has 35 nitrogen and oxygen atoms in total. The van der Waals surface area contributed by atoms with Gasteiger partial charge >= 0.3 is 17.9 Å². The fraction of sp³-hybridized carbons (Fsp3) is 0.862. The average Bonchev–Trinajstić information content (AvgIpc) is 1.01. The Kier molecular flexibility index (Phi) is 27.9. The van der Waals surface area contributed by atoms with E-state index in [2.05, 4.69) is 0 Å². The van der Waals surface area contributed by atoms with E-state index in [1.165, 1.54) is 18.2 Å². The van der Waals surface area contributed by atoms with Crippen LogP contribution >= 0.6 is 0 Å². The van der Waals surface area contributed by atoms with Gasteiger partial charge in [-0.05, 0) is 94.8 Å². The summed E-state index contributed by atoms with van der Waals surface area (Å²) in [6, 6.07) is 0. The van der Waals surface area contributed by atoms with Crippen LogP contribution in [0.2, 0.25) is 0 Å². The minimum atomic E-state index is -2.04. The van der Waals surface area contributed by atoms with Crippen molar-refractivity contribution in [1.29, 1.82) is 0 Å². The van der Waals surface area contributed by atoms with Gasteiger partial charge in [0.05, 0.1) is 80.2 Å². The lowest BCUT2D eigenvalue weighted by atomic mass is 9.72. The third kappa shape index (κ3) is 19.2. The quantitative estimate of drug-likeness (QED) is 0.0207. The Morgan fingerprint density at radius 1 is 0.380 bits per heavy atom. The molecule has 0 bridgehead atoms. The molecule has 0 aromatic carbocycles. The molecule has 21 N–H and O–H groups in total. The van der Waals surface area contributed by atoms with E-state index in [1.807, 2.05) is 0 Å². The third-order valence-electron chi connectivity index (χ3n) is 21.4. The molecule has 5 saturated carbocycles. The van der Waals surface area contributed by atoms with Gasteiger partial charge in [0.2, 0.25) is 0 Å². The van der Waals surface area contributed by atoms with E-state index >= 15 is 0 Å². The first-order valence-corrected chi connectivity index (χ1v) is 34.6. The van der Waals surface area contributed by atoms with E-state index in [1.54, 1.807) is 0 Å². The molecule has 0 spiro atoms. The summed E-state index contributed by atoms with van der Waals surface area (Å²) in [6.45, 7) is -2.80. The van der Waals surface area contributed by atoms with Crippen molar-refractivity contribution in [2.24, 2.45) is 29.6 Å². The van der Waals surface area contributed by atoms with Crippen molar-refractivity contribution in [1.82, 2.24) is 0 Å². The Labute approximate surface area is 574 Å². The van der Waals surface area contributed by atoms with Gasteiger partial charge in [0.1, 0.15) is 111 Å². The second-order valence-corrected chi connectivity index (χ2v) is 28.5. The van der Waals surface area contributed by atoms with Crippen LogP contribution in [0.1, 0.15) is 89.9 Å². The summed E-state index contributed by atoms with van der Waals surface area (Å²) < 4.78 is 69.7. The highest BCUT2D eigenvalue weighted by molar-refractivity contribution is 5.82. The Balaban J connectivity index is 0.837. The Bertz CT molecular complexity index is 2710. The number of carbonyl (C=O) groups excluding carboxylic acids is 3. The minimum absolute atomic E-state index is 0.0482. The standard InChI is InChI=1S/C65H100O35/c66-21-42-53(82)61(100-48(77)12-6-27-3-9-33(69)37(73)15-27)65(96-42)91-24-45-52(81)56(85)59(88)64(99-45)95-41-20-30-34(70)18-29(92-62-57(86)54(83)50(79)43(97-62)22-89-46(75)10-4-25-1-7-31(67)35(71)13-25)19-39(30)93-60(41)28-16-38(74)49(78)40(17-28)94-63-58(87)55(84)51(80)44(98-63)23-90-47(76)11-5-26-2-8-32(68)36(72)14-26/h4-6,10-12,25-45,49-74,78-88H,1-3,7-9,13-24H2/p+1. The van der Waals surface area contributed by atoms with Crippen LogP contribution in [-0.2, 0) is 66.5 Å². The van der Waals surface area contributed by atoms with Crippen molar-refractivity contribution < 1.29 is 173 Å². The summed E-state index contributed by atoms with van der Waals surface area (Å²) in [6.07, 6.45) is -40.2. The fourth-order valence-electron chi connectivity index (χ4n) is 15.4. The molecule has 38 unspecified atom stereocenters. The number of carbonyl (C=O) groups is 3. The van der Waals surface area contributed by atoms with Crippen molar-refractivity contribution in [3.05, 3.63) is 36.5 Å². The maximum absolute atomic E-state index is 13.1. The van der Waals surface area contributed by atoms with E-state index in [0.29, 0.717) is 32.1 Å². The van der Waals surface area contributed by atoms with Crippen LogP contribution in [0, 0.1) is 29.6 Å². The molecule has 0 aromatic rings. The lowest BCUT2D eigenvalue weighted by Crippen LogP contribution is -2.64. The number of hydrogen-bond donors (Lipinski definition) is 20. The first-order valence-electron chi connectivity index (χ1n) is 34.6. The van der Waals surface area contributed by atoms with Crippen LogP contribution in [0.5, 0.6) is 0 Å². The smallest absolute Gasteiger partial charge is 0.330 e. The maximum atomic E-state index is 13.1. The highest BCUT2D eigenvalue weighted by Crippen LogP contribution is 2.45. The van der Waals surface area contributed by atoms with Crippen LogP contribution in [-0.4, -0.2) is 353 Å². The van der Waals surface area contributed by atoms with E-state index in [9.17, 15) is 117 Å². The molecule has 10 fully saturated rings. The molecular weight excluding hydrogens is 1340 g/mol. The van der Waals surface area contributed by atoms with E-state index in [-0.39, 0.29) is 75.5 Å². The van der Waals surface area contributed by atoms with Gasteiger partial charge in [-0.25, -0.2) is 14.4 Å². The molecule has 5 aliphatic heterocycles. The van der Waals surface area contributed by atoms with Gasteiger partial charge in [0.15, 0.2) is 43.5 Å². The van der Waals surface area contributed by atoms with Crippen LogP contribution in [0.4, 0.5) is 0 Å². The molecule has 5 saturated heterocycles. The van der Waals surface area contributed by atoms with Gasteiger partial charge in [0, 0.05) is 37.0 Å². The maximum Gasteiger partial charge on any atom is 0.330 e. The molecule has 35 heteroatoms. The second kappa shape index (κ2) is 35.3. The monoisotopic (exact) mass is 1440 g/mol. The molecule has 10 aliphatic rings. The van der Waals surface area contributed by atoms with Gasteiger partial charge in [0.25, 0.3) is 0 Å². The highest BCUT2D eigenvalue weighted by Gasteiger charge is 2.59. The summed E-state index contributed by atoms with van der Waals surface area (Å²) in [5.41, 5.74) is 0. The molecule has 5 heterocycles. The zero-order valence-electron chi connectivity index (χ0n) is 54.7. The molecule has 5 aliphatic carbocycles. The Morgan fingerprint density at radius 2 is 0.820 bits per heavy atom. The summed E-state index contributed by atoms with van der Waals surface area (Å²) in [5, 5.41) is 217. The van der Waals surface area contributed by atoms with Crippen LogP contribution < -0.4 is 0 Å². The lowest BCUT2D eigenvalue weighted by Gasteiger charge is -2.50. The topological polar surface area (TPSA) is 570 Å². The number of ether oxygens (including phenoxy) is 12. The molecule has 100 heavy (non-hydrogen) atoms. The number of fused-ring (bicyclic) bond motifs is 1. The number of rotatable bonds is 22. The van der Waals surface area contributed by atoms with E-state index in [4.69, 9.17) is 56.8 Å². The molecule has 0 radical (unpaired) electrons. The van der Waals surface area contributed by atoms with E-state index < -0.39 is 258 Å². The minimum Gasteiger partial charge on any atom is -0.460 e. The predicted molar refractivity (Wildman–Crippen MR) is 328 cm³/mol. The first kappa shape index (κ1) is 79.0. The van der Waals surface area contributed by atoms with Crippen molar-refractivity contribution in [2.45, 2.75) is 292 Å². The van der Waals surface area contributed by atoms with Gasteiger partial charge in [-0.2, -0.15) is 0 Å². The molecule has 0 amide bonds. The normalized spacial score (nSPS) is 49.0. The summed E-state index contributed by atoms with van der Waals surface area (Å²) in [5.74, 6) is -5.30. The first-order chi connectivity index (χ1) is 47.5. The lowest BCUT2D eigenvalue weighted by molar-refractivity contribution is -0.367. The molecule has 0 aromatic heterocycles. The SMILES string of the molecule is O=C(C=CC1CCC(O)C(O)C1)OCC1OC(OC2CC(O)C3CC(OC4OC(COC5OC(CO)C(O)C5OC(=O)C=CC5CCC(O)C(O)C5)C(O)C(O)C4O)C(C4CC(O)C(O)C(OC5OC(COC(=O)C=CC6CCC(O)C(O)C6)C(O)C(O)C5O)C4)[OH+]C3C2)C(O)C(O)C1O. The summed E-state index contributed by atoms with van der Waals surface area (Å²) in [4.78, 5) is 38.7. The second-order valence-electron chi connectivity index (χ2n) is 28.5. The average molecular weight is 1440 g/mol. The summed E-state index contributed by atoms with van der Waals surface area (Å²) in [7, 11) is 0. The van der Waals surface area contributed by atoms with Crippen molar-refractivity contribution >= 4 is 17.9 Å². The van der Waals surface area contributed by atoms with Gasteiger partial charge in [-0.15, -0.1) is 0 Å². The van der Waals surface area contributed by atoms with Gasteiger partial charge in [-0.3, -0.25) is 0 Å². The third-order valence-corrected chi connectivity index (χ3v) is 21.4. The predicted octanol–water partition coefficient (Wildman–Crippen LogP) is -8.54. The van der Waals surface area contributed by atoms with Crippen LogP contribution in [0.3, 0.4) is 0 Å². The molecular formula is C65H101O35+.